The molecule has 0 saturated heterocycles. The minimum absolute atomic E-state index is 0.172. The Balaban J connectivity index is 2.20. The number of carboxylic acids is 4. The van der Waals surface area contributed by atoms with Gasteiger partial charge in [-0.2, -0.15) is 0 Å². The molecule has 0 heterocycles. The predicted octanol–water partition coefficient (Wildman–Crippen LogP) is -1.72. The number of amides is 2. The molecular weight excluding hydrogens is 610 g/mol. The fourth-order valence-corrected chi connectivity index (χ4v) is 9.88. The maximum absolute atomic E-state index is 12.7. The van der Waals surface area contributed by atoms with Crippen molar-refractivity contribution in [2.45, 2.75) is 24.9 Å². The van der Waals surface area contributed by atoms with Crippen LogP contribution in [0.3, 0.4) is 0 Å². The molecular formula is C22H20N2O10Se2. The third-order valence-electron chi connectivity index (χ3n) is 4.45. The Morgan fingerprint density at radius 3 is 1.25 bits per heavy atom. The fraction of sp³-hybridized carbons (Fsp3) is 0.182. The number of benzene rings is 2. The Labute approximate surface area is 214 Å². The molecule has 14 heteroatoms. The van der Waals surface area contributed by atoms with Crippen LogP contribution in [0.5, 0.6) is 0 Å². The van der Waals surface area contributed by atoms with E-state index in [-0.39, 0.29) is 11.1 Å². The summed E-state index contributed by atoms with van der Waals surface area (Å²) in [6.07, 6.45) is -1.58. The van der Waals surface area contributed by atoms with Gasteiger partial charge in [0.15, 0.2) is 0 Å². The first-order chi connectivity index (χ1) is 17.0. The number of hydrogen-bond donors (Lipinski definition) is 6. The zero-order valence-electron chi connectivity index (χ0n) is 18.2. The second-order valence-electron chi connectivity index (χ2n) is 7.08. The van der Waals surface area contributed by atoms with Crippen molar-refractivity contribution < 1.29 is 49.2 Å². The van der Waals surface area contributed by atoms with Gasteiger partial charge in [0, 0.05) is 0 Å². The summed E-state index contributed by atoms with van der Waals surface area (Å²) in [6.45, 7) is 0. The van der Waals surface area contributed by atoms with Crippen LogP contribution in [0, 0.1) is 0 Å². The molecule has 0 aliphatic carbocycles. The van der Waals surface area contributed by atoms with Crippen molar-refractivity contribution >= 4 is 70.9 Å². The van der Waals surface area contributed by atoms with Gasteiger partial charge in [0.05, 0.1) is 0 Å². The van der Waals surface area contributed by atoms with E-state index in [1.165, 1.54) is 12.1 Å². The summed E-state index contributed by atoms with van der Waals surface area (Å²) in [5.41, 5.74) is 0.343. The molecule has 0 saturated carbocycles. The third kappa shape index (κ3) is 8.51. The molecule has 0 bridgehead atoms. The molecule has 6 N–H and O–H groups in total. The molecule has 0 aliphatic rings. The Bertz CT molecular complexity index is 1100. The molecule has 2 aromatic carbocycles. The average Bonchev–Trinajstić information content (AvgIpc) is 2.81. The van der Waals surface area contributed by atoms with Crippen molar-refractivity contribution in [3.63, 3.8) is 0 Å². The molecule has 0 fully saturated rings. The van der Waals surface area contributed by atoms with Crippen LogP contribution in [-0.2, 0) is 19.2 Å². The summed E-state index contributed by atoms with van der Waals surface area (Å²) in [5.74, 6) is -7.23. The monoisotopic (exact) mass is 632 g/mol. The van der Waals surface area contributed by atoms with Gasteiger partial charge in [-0.1, -0.05) is 0 Å². The van der Waals surface area contributed by atoms with Crippen LogP contribution in [0.1, 0.15) is 33.6 Å². The summed E-state index contributed by atoms with van der Waals surface area (Å²) in [5, 5.41) is 40.5. The second kappa shape index (κ2) is 13.4. The molecule has 2 atom stereocenters. The van der Waals surface area contributed by atoms with E-state index < -0.39 is 86.9 Å². The maximum atomic E-state index is 12.7. The van der Waals surface area contributed by atoms with Gasteiger partial charge in [-0.15, -0.1) is 0 Å². The number of hydrogen-bond acceptors (Lipinski definition) is 6. The van der Waals surface area contributed by atoms with Crippen LogP contribution in [0.15, 0.2) is 48.5 Å². The molecule has 2 rings (SSSR count). The molecule has 190 valence electrons. The molecule has 0 aliphatic heterocycles. The first-order valence-corrected chi connectivity index (χ1v) is 16.1. The number of aliphatic carboxylic acids is 4. The van der Waals surface area contributed by atoms with E-state index in [9.17, 15) is 39.0 Å². The molecule has 0 spiro atoms. The topological polar surface area (TPSA) is 207 Å². The van der Waals surface area contributed by atoms with E-state index in [2.05, 4.69) is 10.6 Å². The summed E-state index contributed by atoms with van der Waals surface area (Å²) in [4.78, 5) is 69.8. The van der Waals surface area contributed by atoms with E-state index in [1.807, 2.05) is 0 Å². The summed E-state index contributed by atoms with van der Waals surface area (Å²) < 4.78 is 1.18. The summed E-state index contributed by atoms with van der Waals surface area (Å²) in [7, 11) is 0. The molecule has 2 unspecified atom stereocenters. The SMILES string of the molecule is O=C(O)CC(NC(=O)c1ccccc1[Se][Se]c1ccccc1C(=O)NC(CC(=O)O)C(=O)O)C(=O)O. The van der Waals surface area contributed by atoms with Crippen molar-refractivity contribution in [1.82, 2.24) is 10.6 Å². The van der Waals surface area contributed by atoms with Gasteiger partial charge >= 0.3 is 215 Å². The Hall–Kier alpha value is -3.70. The molecule has 2 aromatic rings. The Morgan fingerprint density at radius 1 is 0.611 bits per heavy atom. The number of carbonyl (C=O) groups excluding carboxylic acids is 2. The summed E-state index contributed by atoms with van der Waals surface area (Å²) in [6, 6.07) is 9.56. The van der Waals surface area contributed by atoms with Crippen molar-refractivity contribution in [3.05, 3.63) is 59.7 Å². The van der Waals surface area contributed by atoms with E-state index in [0.717, 1.165) is 0 Å². The standard InChI is InChI=1S/C22H20N2O10Se2/c25-17(26)9-13(21(31)32)23-19(29)11-5-1-3-7-15(11)35-36-16-8-4-2-6-12(16)20(30)24-14(22(33)34)10-18(27)28/h1-8,13-14H,9-10H2,(H,23,29)(H,24,30)(H,25,26)(H,27,28)(H,31,32)(H,33,34). The van der Waals surface area contributed by atoms with Crippen molar-refractivity contribution in [2.24, 2.45) is 0 Å². The second-order valence-corrected chi connectivity index (χ2v) is 13.3. The van der Waals surface area contributed by atoms with Gasteiger partial charge in [0.2, 0.25) is 0 Å². The van der Waals surface area contributed by atoms with Crippen LogP contribution in [0.2, 0.25) is 0 Å². The number of carbonyl (C=O) groups is 6. The van der Waals surface area contributed by atoms with E-state index >= 15 is 0 Å². The normalized spacial score (nSPS) is 12.1. The summed E-state index contributed by atoms with van der Waals surface area (Å²) >= 11 is -0.786. The van der Waals surface area contributed by atoms with Crippen molar-refractivity contribution in [3.8, 4) is 0 Å². The zero-order chi connectivity index (χ0) is 26.8. The van der Waals surface area contributed by atoms with Crippen LogP contribution < -0.4 is 19.6 Å². The van der Waals surface area contributed by atoms with Crippen LogP contribution in [-0.4, -0.2) is 94.5 Å². The Kier molecular flexibility index (Phi) is 10.6. The van der Waals surface area contributed by atoms with E-state index in [0.29, 0.717) is 8.92 Å². The molecule has 0 aromatic heterocycles. The molecule has 0 radical (unpaired) electrons. The van der Waals surface area contributed by atoms with E-state index in [1.54, 1.807) is 36.4 Å². The van der Waals surface area contributed by atoms with Gasteiger partial charge < -0.3 is 0 Å². The Morgan fingerprint density at radius 2 is 0.944 bits per heavy atom. The zero-order valence-corrected chi connectivity index (χ0v) is 21.7. The molecule has 2 amide bonds. The quantitative estimate of drug-likeness (QED) is 0.138. The van der Waals surface area contributed by atoms with Gasteiger partial charge in [0.1, 0.15) is 0 Å². The van der Waals surface area contributed by atoms with Gasteiger partial charge in [-0.3, -0.25) is 0 Å². The minimum atomic E-state index is -1.61. The first kappa shape index (κ1) is 28.5. The van der Waals surface area contributed by atoms with Gasteiger partial charge in [0.25, 0.3) is 0 Å². The molecule has 12 nitrogen and oxygen atoms in total. The van der Waals surface area contributed by atoms with Crippen LogP contribution in [0.25, 0.3) is 0 Å². The van der Waals surface area contributed by atoms with Crippen LogP contribution >= 0.6 is 0 Å². The number of rotatable bonds is 13. The van der Waals surface area contributed by atoms with Gasteiger partial charge in [-0.25, -0.2) is 0 Å². The van der Waals surface area contributed by atoms with E-state index in [4.69, 9.17) is 10.2 Å². The van der Waals surface area contributed by atoms with Crippen LogP contribution in [0.4, 0.5) is 0 Å². The van der Waals surface area contributed by atoms with Crippen molar-refractivity contribution in [2.75, 3.05) is 0 Å². The average molecular weight is 630 g/mol. The fourth-order valence-electron chi connectivity index (χ4n) is 2.76. The number of carboxylic acid groups (broad SMARTS) is 4. The third-order valence-corrected chi connectivity index (χ3v) is 11.7. The van der Waals surface area contributed by atoms with Crippen molar-refractivity contribution in [1.29, 1.82) is 0 Å². The predicted molar refractivity (Wildman–Crippen MR) is 126 cm³/mol. The first-order valence-electron chi connectivity index (χ1n) is 10.0. The number of nitrogens with one attached hydrogen (secondary N) is 2. The molecule has 36 heavy (non-hydrogen) atoms. The van der Waals surface area contributed by atoms with Gasteiger partial charge in [-0.05, 0) is 0 Å².